The number of benzene rings is 1. The highest BCUT2D eigenvalue weighted by Gasteiger charge is 2.16. The Hall–Kier alpha value is -2.03. The second-order valence-electron chi connectivity index (χ2n) is 4.50. The molecule has 2 aromatic rings. The lowest BCUT2D eigenvalue weighted by molar-refractivity contribution is 0.0752. The highest BCUT2D eigenvalue weighted by Crippen LogP contribution is 2.15. The van der Waals surface area contributed by atoms with Gasteiger partial charge < -0.3 is 9.32 Å². The van der Waals surface area contributed by atoms with Gasteiger partial charge in [-0.2, -0.15) is 0 Å². The Kier molecular flexibility index (Phi) is 3.51. The molecule has 0 spiro atoms. The number of rotatable bonds is 3. The molecule has 2 rings (SSSR count). The van der Waals surface area contributed by atoms with E-state index in [4.69, 9.17) is 4.42 Å². The Morgan fingerprint density at radius 2 is 1.89 bits per heavy atom. The third-order valence-corrected chi connectivity index (χ3v) is 2.99. The number of carbonyl (C=O) groups is 1. The van der Waals surface area contributed by atoms with Gasteiger partial charge in [0.15, 0.2) is 5.76 Å². The topological polar surface area (TPSA) is 33.5 Å². The molecule has 0 atom stereocenters. The lowest BCUT2D eigenvalue weighted by Crippen LogP contribution is -2.25. The van der Waals surface area contributed by atoms with Crippen LogP contribution in [0.15, 0.2) is 40.8 Å². The van der Waals surface area contributed by atoms with E-state index in [2.05, 4.69) is 0 Å². The van der Waals surface area contributed by atoms with Crippen LogP contribution < -0.4 is 0 Å². The molecule has 0 bridgehead atoms. The Morgan fingerprint density at radius 1 is 1.22 bits per heavy atom. The summed E-state index contributed by atoms with van der Waals surface area (Å²) in [5, 5.41) is 0. The van der Waals surface area contributed by atoms with E-state index in [-0.39, 0.29) is 5.91 Å². The van der Waals surface area contributed by atoms with Crippen LogP contribution in [0.5, 0.6) is 0 Å². The van der Waals surface area contributed by atoms with Crippen molar-refractivity contribution in [3.05, 3.63) is 59.0 Å². The van der Waals surface area contributed by atoms with E-state index in [1.54, 1.807) is 18.0 Å². The molecule has 3 heteroatoms. The molecular formula is C15H17NO2. The highest BCUT2D eigenvalue weighted by atomic mass is 16.4. The van der Waals surface area contributed by atoms with E-state index < -0.39 is 0 Å². The molecule has 1 aromatic carbocycles. The average Bonchev–Trinajstić information content (AvgIpc) is 2.70. The first-order valence-corrected chi connectivity index (χ1v) is 5.94. The summed E-state index contributed by atoms with van der Waals surface area (Å²) in [5.74, 6) is 1.12. The number of nitrogens with zero attached hydrogens (tertiary/aromatic N) is 1. The summed E-state index contributed by atoms with van der Waals surface area (Å²) in [5.41, 5.74) is 2.11. The molecule has 0 fully saturated rings. The van der Waals surface area contributed by atoms with Gasteiger partial charge in [0, 0.05) is 13.6 Å². The van der Waals surface area contributed by atoms with Crippen LogP contribution in [-0.4, -0.2) is 17.9 Å². The minimum atomic E-state index is -0.0879. The monoisotopic (exact) mass is 243 g/mol. The number of hydrogen-bond donors (Lipinski definition) is 0. The SMILES string of the molecule is Cc1cc(C(=O)N(C)Cc2ccccc2)oc1C. The minimum Gasteiger partial charge on any atom is -0.456 e. The van der Waals surface area contributed by atoms with Crippen molar-refractivity contribution in [3.8, 4) is 0 Å². The van der Waals surface area contributed by atoms with Crippen LogP contribution in [0, 0.1) is 13.8 Å². The molecule has 18 heavy (non-hydrogen) atoms. The average molecular weight is 243 g/mol. The second-order valence-corrected chi connectivity index (χ2v) is 4.50. The summed E-state index contributed by atoms with van der Waals surface area (Å²) in [7, 11) is 1.78. The fourth-order valence-corrected chi connectivity index (χ4v) is 1.80. The van der Waals surface area contributed by atoms with Crippen LogP contribution in [0.1, 0.15) is 27.4 Å². The second kappa shape index (κ2) is 5.08. The maximum absolute atomic E-state index is 12.1. The molecular weight excluding hydrogens is 226 g/mol. The van der Waals surface area contributed by atoms with Crippen LogP contribution in [0.3, 0.4) is 0 Å². The van der Waals surface area contributed by atoms with Crippen molar-refractivity contribution in [2.75, 3.05) is 7.05 Å². The molecule has 3 nitrogen and oxygen atoms in total. The molecule has 0 aliphatic heterocycles. The lowest BCUT2D eigenvalue weighted by atomic mass is 10.2. The van der Waals surface area contributed by atoms with Crippen molar-refractivity contribution in [1.82, 2.24) is 4.90 Å². The van der Waals surface area contributed by atoms with Gasteiger partial charge in [0.25, 0.3) is 5.91 Å². The van der Waals surface area contributed by atoms with Gasteiger partial charge >= 0.3 is 0 Å². The Morgan fingerprint density at radius 3 is 2.44 bits per heavy atom. The van der Waals surface area contributed by atoms with Crippen molar-refractivity contribution >= 4 is 5.91 Å². The van der Waals surface area contributed by atoms with E-state index in [0.29, 0.717) is 12.3 Å². The highest BCUT2D eigenvalue weighted by molar-refractivity contribution is 5.91. The summed E-state index contributed by atoms with van der Waals surface area (Å²) in [4.78, 5) is 13.8. The van der Waals surface area contributed by atoms with Gasteiger partial charge in [-0.3, -0.25) is 4.79 Å². The van der Waals surface area contributed by atoms with Crippen LogP contribution in [0.25, 0.3) is 0 Å². The molecule has 0 radical (unpaired) electrons. The van der Waals surface area contributed by atoms with Crippen molar-refractivity contribution in [2.24, 2.45) is 0 Å². The molecule has 0 N–H and O–H groups in total. The first-order valence-electron chi connectivity index (χ1n) is 5.94. The van der Waals surface area contributed by atoms with Gasteiger partial charge in [-0.1, -0.05) is 30.3 Å². The predicted octanol–water partition coefficient (Wildman–Crippen LogP) is 3.17. The normalized spacial score (nSPS) is 10.4. The smallest absolute Gasteiger partial charge is 0.289 e. The van der Waals surface area contributed by atoms with Gasteiger partial charge in [-0.05, 0) is 31.0 Å². The third-order valence-electron chi connectivity index (χ3n) is 2.99. The summed E-state index contributed by atoms with van der Waals surface area (Å²) < 4.78 is 5.44. The largest absolute Gasteiger partial charge is 0.456 e. The molecule has 0 saturated carbocycles. The van der Waals surface area contributed by atoms with Gasteiger partial charge in [0.1, 0.15) is 5.76 Å². The molecule has 0 aliphatic rings. The van der Waals surface area contributed by atoms with Gasteiger partial charge in [-0.25, -0.2) is 0 Å². The van der Waals surface area contributed by atoms with E-state index >= 15 is 0 Å². The minimum absolute atomic E-state index is 0.0879. The Bertz CT molecular complexity index is 523. The zero-order chi connectivity index (χ0) is 13.1. The molecule has 0 unspecified atom stereocenters. The number of hydrogen-bond acceptors (Lipinski definition) is 2. The van der Waals surface area contributed by atoms with E-state index in [9.17, 15) is 4.79 Å². The van der Waals surface area contributed by atoms with Crippen LogP contribution in [0.4, 0.5) is 0 Å². The van der Waals surface area contributed by atoms with Crippen molar-refractivity contribution in [3.63, 3.8) is 0 Å². The van der Waals surface area contributed by atoms with Crippen LogP contribution in [-0.2, 0) is 6.54 Å². The van der Waals surface area contributed by atoms with Crippen LogP contribution in [0.2, 0.25) is 0 Å². The zero-order valence-corrected chi connectivity index (χ0v) is 10.9. The third kappa shape index (κ3) is 2.62. The predicted molar refractivity (Wildman–Crippen MR) is 70.4 cm³/mol. The van der Waals surface area contributed by atoms with Crippen molar-refractivity contribution in [1.29, 1.82) is 0 Å². The summed E-state index contributed by atoms with van der Waals surface area (Å²) in [6.07, 6.45) is 0. The standard InChI is InChI=1S/C15H17NO2/c1-11-9-14(18-12(11)2)15(17)16(3)10-13-7-5-4-6-8-13/h4-9H,10H2,1-3H3. The summed E-state index contributed by atoms with van der Waals surface area (Å²) in [6, 6.07) is 11.7. The Balaban J connectivity index is 2.09. The zero-order valence-electron chi connectivity index (χ0n) is 10.9. The first kappa shape index (κ1) is 12.4. The maximum Gasteiger partial charge on any atom is 0.289 e. The number of aryl methyl sites for hydroxylation is 2. The molecule has 94 valence electrons. The number of furan rings is 1. The quantitative estimate of drug-likeness (QED) is 0.829. The van der Waals surface area contributed by atoms with E-state index in [0.717, 1.165) is 16.9 Å². The summed E-state index contributed by atoms with van der Waals surface area (Å²) >= 11 is 0. The van der Waals surface area contributed by atoms with E-state index in [1.807, 2.05) is 44.2 Å². The number of carbonyl (C=O) groups excluding carboxylic acids is 1. The maximum atomic E-state index is 12.1. The lowest BCUT2D eigenvalue weighted by Gasteiger charge is -2.15. The molecule has 0 aliphatic carbocycles. The van der Waals surface area contributed by atoms with Gasteiger partial charge in [-0.15, -0.1) is 0 Å². The fourth-order valence-electron chi connectivity index (χ4n) is 1.80. The molecule has 1 amide bonds. The fraction of sp³-hybridized carbons (Fsp3) is 0.267. The van der Waals surface area contributed by atoms with Crippen molar-refractivity contribution in [2.45, 2.75) is 20.4 Å². The van der Waals surface area contributed by atoms with Crippen LogP contribution >= 0.6 is 0 Å². The first-order chi connectivity index (χ1) is 8.58. The molecule has 1 heterocycles. The van der Waals surface area contributed by atoms with Gasteiger partial charge in [0.2, 0.25) is 0 Å². The Labute approximate surface area is 107 Å². The molecule has 1 aromatic heterocycles. The van der Waals surface area contributed by atoms with E-state index in [1.165, 1.54) is 0 Å². The summed E-state index contributed by atoms with van der Waals surface area (Å²) in [6.45, 7) is 4.38. The van der Waals surface area contributed by atoms with Gasteiger partial charge in [0.05, 0.1) is 0 Å². The number of amides is 1. The molecule has 0 saturated heterocycles. The van der Waals surface area contributed by atoms with Crippen molar-refractivity contribution < 1.29 is 9.21 Å².